The zero-order valence-electron chi connectivity index (χ0n) is 21.2. The number of ketones is 1. The first kappa shape index (κ1) is 27.2. The van der Waals surface area contributed by atoms with Gasteiger partial charge in [0.05, 0.1) is 30.7 Å². The number of hydrogen-bond acceptors (Lipinski definition) is 8. The van der Waals surface area contributed by atoms with Crippen LogP contribution in [0.1, 0.15) is 17.2 Å². The molecule has 0 spiro atoms. The second kappa shape index (κ2) is 10.7. The average molecular weight is 518 g/mol. The van der Waals surface area contributed by atoms with E-state index in [0.717, 1.165) is 4.31 Å². The van der Waals surface area contributed by atoms with Gasteiger partial charge in [0.15, 0.2) is 11.5 Å². The van der Waals surface area contributed by atoms with Gasteiger partial charge in [-0.25, -0.2) is 12.7 Å². The van der Waals surface area contributed by atoms with Crippen LogP contribution in [0.3, 0.4) is 0 Å². The standard InChI is InChI=1S/C25H31N3O7S/c1-26(2)13-14-28-22(17-9-12-19(34-5)20(15-17)35-6)21(24(30)25(28)31)23(29)16-7-10-18(11-8-16)36(32,33)27(3)4/h7-12,15,22,29H,13-14H2,1-6H3/b23-21-. The van der Waals surface area contributed by atoms with Gasteiger partial charge in [-0.1, -0.05) is 6.07 Å². The van der Waals surface area contributed by atoms with Gasteiger partial charge >= 0.3 is 0 Å². The van der Waals surface area contributed by atoms with Gasteiger partial charge in [-0.3, -0.25) is 9.59 Å². The number of carbonyl (C=O) groups is 2. The van der Waals surface area contributed by atoms with E-state index < -0.39 is 33.5 Å². The van der Waals surface area contributed by atoms with E-state index in [-0.39, 0.29) is 22.6 Å². The monoisotopic (exact) mass is 517 g/mol. The quantitative estimate of drug-likeness (QED) is 0.305. The van der Waals surface area contributed by atoms with Crippen LogP contribution < -0.4 is 9.47 Å². The summed E-state index contributed by atoms with van der Waals surface area (Å²) in [4.78, 5) is 29.6. The lowest BCUT2D eigenvalue weighted by atomic mass is 9.95. The van der Waals surface area contributed by atoms with Gasteiger partial charge in [-0.2, -0.15) is 0 Å². The van der Waals surface area contributed by atoms with Gasteiger partial charge in [0.2, 0.25) is 10.0 Å². The van der Waals surface area contributed by atoms with Crippen molar-refractivity contribution in [1.29, 1.82) is 0 Å². The van der Waals surface area contributed by atoms with E-state index in [1.807, 2.05) is 19.0 Å². The Labute approximate surface area is 211 Å². The minimum atomic E-state index is -3.67. The smallest absolute Gasteiger partial charge is 0.295 e. The molecule has 2 aromatic rings. The van der Waals surface area contributed by atoms with Gasteiger partial charge in [-0.05, 0) is 56.1 Å². The first-order chi connectivity index (χ1) is 16.9. The number of methoxy groups -OCH3 is 2. The summed E-state index contributed by atoms with van der Waals surface area (Å²) in [5.74, 6) is -1.06. The van der Waals surface area contributed by atoms with Crippen LogP contribution in [-0.2, 0) is 19.6 Å². The highest BCUT2D eigenvalue weighted by Crippen LogP contribution is 2.41. The Morgan fingerprint density at radius 1 is 0.972 bits per heavy atom. The Bertz CT molecular complexity index is 1290. The SMILES string of the molecule is COc1ccc(C2/C(=C(/O)c3ccc(S(=O)(=O)N(C)C)cc3)C(=O)C(=O)N2CCN(C)C)cc1OC. The van der Waals surface area contributed by atoms with Crippen molar-refractivity contribution in [3.63, 3.8) is 0 Å². The number of ether oxygens (including phenoxy) is 2. The summed E-state index contributed by atoms with van der Waals surface area (Å²) in [6.07, 6.45) is 0. The van der Waals surface area contributed by atoms with Crippen LogP contribution in [0.4, 0.5) is 0 Å². The highest BCUT2D eigenvalue weighted by molar-refractivity contribution is 7.89. The van der Waals surface area contributed by atoms with Crippen LogP contribution in [0.25, 0.3) is 5.76 Å². The summed E-state index contributed by atoms with van der Waals surface area (Å²) >= 11 is 0. The lowest BCUT2D eigenvalue weighted by molar-refractivity contribution is -0.140. The van der Waals surface area contributed by atoms with E-state index in [2.05, 4.69) is 0 Å². The lowest BCUT2D eigenvalue weighted by Gasteiger charge is -2.27. The third kappa shape index (κ3) is 5.08. The Hall–Kier alpha value is -3.41. The van der Waals surface area contributed by atoms with Crippen LogP contribution >= 0.6 is 0 Å². The molecule has 3 rings (SSSR count). The second-order valence-corrected chi connectivity index (χ2v) is 10.9. The van der Waals surface area contributed by atoms with Crippen molar-refractivity contribution in [3.8, 4) is 11.5 Å². The van der Waals surface area contributed by atoms with Crippen LogP contribution in [0, 0.1) is 0 Å². The van der Waals surface area contributed by atoms with E-state index in [9.17, 15) is 23.1 Å². The van der Waals surface area contributed by atoms with Crippen molar-refractivity contribution in [1.82, 2.24) is 14.1 Å². The first-order valence-corrected chi connectivity index (χ1v) is 12.6. The Kier molecular flexibility index (Phi) is 8.07. The molecule has 0 saturated carbocycles. The lowest BCUT2D eigenvalue weighted by Crippen LogP contribution is -2.35. The fraction of sp³-hybridized carbons (Fsp3) is 0.360. The molecule has 1 N–H and O–H groups in total. The van der Waals surface area contributed by atoms with Crippen LogP contribution in [0.5, 0.6) is 11.5 Å². The molecular formula is C25H31N3O7S. The maximum atomic E-state index is 13.2. The van der Waals surface area contributed by atoms with Gasteiger partial charge in [0, 0.05) is 32.7 Å². The van der Waals surface area contributed by atoms with E-state index in [1.54, 1.807) is 18.2 Å². The summed E-state index contributed by atoms with van der Waals surface area (Å²) in [5.41, 5.74) is 0.678. The zero-order chi connectivity index (χ0) is 26.8. The molecule has 0 aliphatic carbocycles. The topological polar surface area (TPSA) is 117 Å². The molecule has 0 radical (unpaired) electrons. The summed E-state index contributed by atoms with van der Waals surface area (Å²) in [5, 5.41) is 11.2. The molecule has 2 aromatic carbocycles. The molecular weight excluding hydrogens is 486 g/mol. The van der Waals surface area contributed by atoms with Gasteiger partial charge in [0.25, 0.3) is 11.7 Å². The summed E-state index contributed by atoms with van der Waals surface area (Å²) in [6.45, 7) is 0.737. The maximum Gasteiger partial charge on any atom is 0.295 e. The minimum Gasteiger partial charge on any atom is -0.507 e. The highest BCUT2D eigenvalue weighted by Gasteiger charge is 2.46. The average Bonchev–Trinajstić information content (AvgIpc) is 3.11. The van der Waals surface area contributed by atoms with Crippen molar-refractivity contribution in [2.75, 3.05) is 55.5 Å². The number of aliphatic hydroxyl groups excluding tert-OH is 1. The van der Waals surface area contributed by atoms with Gasteiger partial charge < -0.3 is 24.4 Å². The number of amides is 1. The molecule has 1 heterocycles. The summed E-state index contributed by atoms with van der Waals surface area (Å²) in [7, 11) is 5.85. The van der Waals surface area contributed by atoms with Crippen LogP contribution in [0.2, 0.25) is 0 Å². The number of sulfonamides is 1. The number of hydrogen-bond donors (Lipinski definition) is 1. The number of likely N-dealkylation sites (N-methyl/N-ethyl adjacent to an activating group) is 1. The predicted molar refractivity (Wildman–Crippen MR) is 134 cm³/mol. The molecule has 1 aliphatic heterocycles. The van der Waals surface area contributed by atoms with Crippen molar-refractivity contribution >= 4 is 27.5 Å². The molecule has 194 valence electrons. The van der Waals surface area contributed by atoms with Crippen LogP contribution in [0.15, 0.2) is 52.9 Å². The third-order valence-electron chi connectivity index (χ3n) is 5.96. The number of aliphatic hydroxyl groups is 1. The fourth-order valence-electron chi connectivity index (χ4n) is 3.94. The first-order valence-electron chi connectivity index (χ1n) is 11.1. The zero-order valence-corrected chi connectivity index (χ0v) is 22.0. The summed E-state index contributed by atoms with van der Waals surface area (Å²) < 4.78 is 36.6. The van der Waals surface area contributed by atoms with Crippen LogP contribution in [-0.4, -0.2) is 94.8 Å². The molecule has 0 bridgehead atoms. The molecule has 1 amide bonds. The molecule has 1 fully saturated rings. The Morgan fingerprint density at radius 3 is 2.11 bits per heavy atom. The largest absolute Gasteiger partial charge is 0.507 e. The minimum absolute atomic E-state index is 0.0342. The molecule has 1 saturated heterocycles. The summed E-state index contributed by atoms with van der Waals surface area (Å²) in [6, 6.07) is 9.67. The van der Waals surface area contributed by atoms with E-state index in [0.29, 0.717) is 23.6 Å². The molecule has 0 aromatic heterocycles. The van der Waals surface area contributed by atoms with Gasteiger partial charge in [-0.15, -0.1) is 0 Å². The molecule has 11 heteroatoms. The number of carbonyl (C=O) groups excluding carboxylic acids is 2. The normalized spacial score (nSPS) is 17.8. The molecule has 36 heavy (non-hydrogen) atoms. The van der Waals surface area contributed by atoms with Crippen molar-refractivity contribution in [3.05, 3.63) is 59.2 Å². The molecule has 1 unspecified atom stereocenters. The van der Waals surface area contributed by atoms with Crippen molar-refractivity contribution < 1.29 is 32.6 Å². The third-order valence-corrected chi connectivity index (χ3v) is 7.79. The maximum absolute atomic E-state index is 13.2. The molecule has 1 atom stereocenters. The van der Waals surface area contributed by atoms with E-state index in [4.69, 9.17) is 9.47 Å². The van der Waals surface area contributed by atoms with E-state index >= 15 is 0 Å². The highest BCUT2D eigenvalue weighted by atomic mass is 32.2. The number of Topliss-reactive ketones (excluding diaryl/α,β-unsaturated/α-hetero) is 1. The Morgan fingerprint density at radius 2 is 1.58 bits per heavy atom. The number of likely N-dealkylation sites (tertiary alicyclic amines) is 1. The number of benzene rings is 2. The van der Waals surface area contributed by atoms with E-state index in [1.165, 1.54) is 57.5 Å². The second-order valence-electron chi connectivity index (χ2n) is 8.72. The molecule has 1 aliphatic rings. The Balaban J connectivity index is 2.17. The number of rotatable bonds is 9. The van der Waals surface area contributed by atoms with Crippen molar-refractivity contribution in [2.45, 2.75) is 10.9 Å². The van der Waals surface area contributed by atoms with Crippen molar-refractivity contribution in [2.24, 2.45) is 0 Å². The number of nitrogens with zero attached hydrogens (tertiary/aromatic N) is 3. The molecule has 10 nitrogen and oxygen atoms in total. The van der Waals surface area contributed by atoms with Gasteiger partial charge in [0.1, 0.15) is 5.76 Å². The fourth-order valence-corrected chi connectivity index (χ4v) is 4.84. The predicted octanol–water partition coefficient (Wildman–Crippen LogP) is 1.94.